The Morgan fingerprint density at radius 3 is 2.50 bits per heavy atom. The largest absolute Gasteiger partial charge is 0.444 e. The van der Waals surface area contributed by atoms with Gasteiger partial charge in [-0.25, -0.2) is 0 Å². The third kappa shape index (κ3) is 4.86. The fourth-order valence-electron chi connectivity index (χ4n) is 1.13. The summed E-state index contributed by atoms with van der Waals surface area (Å²) in [4.78, 5) is 0. The van der Waals surface area contributed by atoms with E-state index in [1.165, 1.54) is 25.7 Å². The minimum Gasteiger partial charge on any atom is -0.444 e. The number of rotatable bonds is 6. The predicted molar refractivity (Wildman–Crippen MR) is 47.8 cm³/mol. The highest BCUT2D eigenvalue weighted by atomic mass is 16.4. The van der Waals surface area contributed by atoms with E-state index in [0.717, 1.165) is 12.5 Å². The Labute approximate surface area is 65.6 Å². The summed E-state index contributed by atoms with van der Waals surface area (Å²) in [5.41, 5.74) is 0. The van der Waals surface area contributed by atoms with Gasteiger partial charge in [-0.3, -0.25) is 0 Å². The van der Waals surface area contributed by atoms with Gasteiger partial charge in [-0.2, -0.15) is 0 Å². The molecule has 0 rings (SSSR count). The van der Waals surface area contributed by atoms with Crippen LogP contribution < -0.4 is 0 Å². The monoisotopic (exact) mass is 142 g/mol. The molecule has 0 amide bonds. The number of hydrogen-bond acceptors (Lipinski definition) is 1. The summed E-state index contributed by atoms with van der Waals surface area (Å²) in [6.45, 7) is 5.41. The minimum absolute atomic E-state index is 0.796. The van der Waals surface area contributed by atoms with Crippen LogP contribution in [0.25, 0.3) is 0 Å². The summed E-state index contributed by atoms with van der Waals surface area (Å²) in [6, 6.07) is 0. The zero-order chi connectivity index (χ0) is 7.82. The lowest BCUT2D eigenvalue weighted by molar-refractivity contribution is 0.251. The Balaban J connectivity index is 3.21. The molecule has 0 N–H and O–H groups in total. The van der Waals surface area contributed by atoms with Gasteiger partial charge in [-0.05, 0) is 12.3 Å². The second-order valence-electron chi connectivity index (χ2n) is 2.87. The molecule has 1 atom stereocenters. The van der Waals surface area contributed by atoms with Gasteiger partial charge in [0.15, 0.2) is 0 Å². The van der Waals surface area contributed by atoms with Crippen molar-refractivity contribution in [1.82, 2.24) is 0 Å². The first-order valence-corrected chi connectivity index (χ1v) is 4.34. The molecular formula is C8H19BO. The lowest BCUT2D eigenvalue weighted by Crippen LogP contribution is -2.06. The predicted octanol–water partition coefficient (Wildman–Crippen LogP) is 1.77. The zero-order valence-electron chi connectivity index (χ0n) is 7.52. The highest BCUT2D eigenvalue weighted by Crippen LogP contribution is 2.11. The van der Waals surface area contributed by atoms with E-state index in [1.54, 1.807) is 8.05 Å². The molecule has 1 nitrogen and oxygen atoms in total. The second kappa shape index (κ2) is 7.14. The van der Waals surface area contributed by atoms with Gasteiger partial charge in [-0.1, -0.05) is 33.1 Å². The Kier molecular flexibility index (Phi) is 7.15. The van der Waals surface area contributed by atoms with Crippen molar-refractivity contribution >= 4 is 8.05 Å². The minimum atomic E-state index is 0.796. The molecule has 0 aliphatic heterocycles. The van der Waals surface area contributed by atoms with Gasteiger partial charge in [0.05, 0.1) is 0 Å². The molecule has 60 valence electrons. The summed E-state index contributed by atoms with van der Waals surface area (Å²) in [5.74, 6) is 0.796. The molecule has 0 aromatic carbocycles. The highest BCUT2D eigenvalue weighted by Gasteiger charge is 2.02. The van der Waals surface area contributed by atoms with E-state index >= 15 is 0 Å². The maximum absolute atomic E-state index is 5.09. The molecule has 0 aromatic rings. The Bertz CT molecular complexity index is 66.3. The third-order valence-corrected chi connectivity index (χ3v) is 1.95. The van der Waals surface area contributed by atoms with Crippen molar-refractivity contribution < 1.29 is 4.65 Å². The van der Waals surface area contributed by atoms with Crippen LogP contribution in [-0.4, -0.2) is 14.7 Å². The van der Waals surface area contributed by atoms with E-state index in [9.17, 15) is 0 Å². The van der Waals surface area contributed by atoms with Crippen molar-refractivity contribution in [2.75, 3.05) is 6.61 Å². The summed E-state index contributed by atoms with van der Waals surface area (Å²) in [7, 11) is 1.79. The Hall–Kier alpha value is 0.0249. The van der Waals surface area contributed by atoms with E-state index < -0.39 is 0 Å². The molecule has 0 aliphatic rings. The van der Waals surface area contributed by atoms with Gasteiger partial charge in [0.2, 0.25) is 0 Å². The maximum Gasteiger partial charge on any atom is 0.257 e. The lowest BCUT2D eigenvalue weighted by atomic mass is 10.0. The fraction of sp³-hybridized carbons (Fsp3) is 1.00. The maximum atomic E-state index is 5.09. The molecule has 0 heterocycles. The molecule has 0 saturated heterocycles. The standard InChI is InChI=1S/C8H19BO/c1-3-5-6-8(4-2)7-10-9/h8H,3-7,9H2,1-2H3. The van der Waals surface area contributed by atoms with Crippen LogP contribution >= 0.6 is 0 Å². The van der Waals surface area contributed by atoms with Crippen LogP contribution in [0.15, 0.2) is 0 Å². The molecule has 0 saturated carbocycles. The fourth-order valence-corrected chi connectivity index (χ4v) is 1.13. The van der Waals surface area contributed by atoms with Crippen LogP contribution in [0.3, 0.4) is 0 Å². The van der Waals surface area contributed by atoms with Crippen LogP contribution in [-0.2, 0) is 4.65 Å². The van der Waals surface area contributed by atoms with Crippen molar-refractivity contribution in [3.8, 4) is 0 Å². The van der Waals surface area contributed by atoms with Gasteiger partial charge in [0.1, 0.15) is 0 Å². The average molecular weight is 142 g/mol. The molecule has 0 spiro atoms. The molecule has 0 bridgehead atoms. The first kappa shape index (κ1) is 10.0. The van der Waals surface area contributed by atoms with Crippen LogP contribution in [0.4, 0.5) is 0 Å². The van der Waals surface area contributed by atoms with Crippen LogP contribution in [0.1, 0.15) is 39.5 Å². The first-order chi connectivity index (χ1) is 4.85. The summed E-state index contributed by atoms with van der Waals surface area (Å²) >= 11 is 0. The second-order valence-corrected chi connectivity index (χ2v) is 2.87. The van der Waals surface area contributed by atoms with Gasteiger partial charge in [0, 0.05) is 6.61 Å². The highest BCUT2D eigenvalue weighted by molar-refractivity contribution is 5.97. The summed E-state index contributed by atoms with van der Waals surface area (Å²) in [6.07, 6.45) is 5.25. The topological polar surface area (TPSA) is 9.23 Å². The number of hydrogen-bond donors (Lipinski definition) is 0. The molecule has 2 heteroatoms. The van der Waals surface area contributed by atoms with Crippen LogP contribution in [0, 0.1) is 5.92 Å². The molecule has 0 aliphatic carbocycles. The van der Waals surface area contributed by atoms with Crippen molar-refractivity contribution in [1.29, 1.82) is 0 Å². The van der Waals surface area contributed by atoms with E-state index in [4.69, 9.17) is 4.65 Å². The van der Waals surface area contributed by atoms with Gasteiger partial charge >= 0.3 is 0 Å². The number of unbranched alkanes of at least 4 members (excludes halogenated alkanes) is 1. The molecule has 10 heavy (non-hydrogen) atoms. The Morgan fingerprint density at radius 1 is 1.40 bits per heavy atom. The quantitative estimate of drug-likeness (QED) is 0.513. The molecule has 0 fully saturated rings. The van der Waals surface area contributed by atoms with Crippen molar-refractivity contribution in [3.63, 3.8) is 0 Å². The van der Waals surface area contributed by atoms with Gasteiger partial charge < -0.3 is 4.65 Å². The summed E-state index contributed by atoms with van der Waals surface area (Å²) in [5, 5.41) is 0. The molecular weight excluding hydrogens is 123 g/mol. The van der Waals surface area contributed by atoms with Crippen LogP contribution in [0.5, 0.6) is 0 Å². The van der Waals surface area contributed by atoms with Gasteiger partial charge in [0.25, 0.3) is 8.05 Å². The molecule has 1 unspecified atom stereocenters. The van der Waals surface area contributed by atoms with E-state index in [1.807, 2.05) is 0 Å². The van der Waals surface area contributed by atoms with E-state index in [-0.39, 0.29) is 0 Å². The summed E-state index contributed by atoms with van der Waals surface area (Å²) < 4.78 is 5.09. The molecule has 0 radical (unpaired) electrons. The lowest BCUT2D eigenvalue weighted by Gasteiger charge is -2.12. The van der Waals surface area contributed by atoms with Gasteiger partial charge in [-0.15, -0.1) is 0 Å². The average Bonchev–Trinajstić information content (AvgIpc) is 1.98. The van der Waals surface area contributed by atoms with Crippen molar-refractivity contribution in [3.05, 3.63) is 0 Å². The van der Waals surface area contributed by atoms with E-state index in [0.29, 0.717) is 0 Å². The Morgan fingerprint density at radius 2 is 2.10 bits per heavy atom. The van der Waals surface area contributed by atoms with Crippen molar-refractivity contribution in [2.45, 2.75) is 39.5 Å². The first-order valence-electron chi connectivity index (χ1n) is 4.34. The SMILES string of the molecule is BOCC(CC)CCCC. The zero-order valence-corrected chi connectivity index (χ0v) is 7.52. The smallest absolute Gasteiger partial charge is 0.257 e. The van der Waals surface area contributed by atoms with Crippen LogP contribution in [0.2, 0.25) is 0 Å². The normalized spacial score (nSPS) is 13.4. The van der Waals surface area contributed by atoms with Crippen molar-refractivity contribution in [2.24, 2.45) is 5.92 Å². The third-order valence-electron chi connectivity index (χ3n) is 1.95. The molecule has 0 aromatic heterocycles. The van der Waals surface area contributed by atoms with E-state index in [2.05, 4.69) is 13.8 Å².